The van der Waals surface area contributed by atoms with Gasteiger partial charge >= 0.3 is 0 Å². The molecule has 3 aromatic rings. The smallest absolute Gasteiger partial charge is 0.264 e. The van der Waals surface area contributed by atoms with E-state index >= 15 is 0 Å². The Morgan fingerprint density at radius 2 is 1.89 bits per heavy atom. The number of hydrogen-bond donors (Lipinski definition) is 1. The molecule has 140 valence electrons. The highest BCUT2D eigenvalue weighted by Crippen LogP contribution is 2.31. The van der Waals surface area contributed by atoms with E-state index in [0.29, 0.717) is 15.8 Å². The number of para-hydroxylation sites is 1. The number of nitrogens with one attached hydrogen (secondary N) is 1. The third-order valence-corrected chi connectivity index (χ3v) is 5.71. The first-order valence-electron chi connectivity index (χ1n) is 8.85. The normalized spacial score (nSPS) is 16.7. The number of carbonyl (C=O) groups excluding carboxylic acids is 1. The summed E-state index contributed by atoms with van der Waals surface area (Å²) >= 11 is 4.75. The number of halogens is 1. The fourth-order valence-electron chi connectivity index (χ4n) is 2.84. The summed E-state index contributed by atoms with van der Waals surface area (Å²) < 4.78 is 6.90. The van der Waals surface area contributed by atoms with Gasteiger partial charge in [0.1, 0.15) is 11.5 Å². The zero-order valence-electron chi connectivity index (χ0n) is 15.1. The number of amides is 1. The summed E-state index contributed by atoms with van der Waals surface area (Å²) in [6.45, 7) is 2.09. The lowest BCUT2D eigenvalue weighted by molar-refractivity contribution is -0.115. The molecule has 0 saturated carbocycles. The first-order chi connectivity index (χ1) is 13.6. The van der Waals surface area contributed by atoms with E-state index in [-0.39, 0.29) is 5.91 Å². The number of nitrogens with zero attached hydrogens (tertiary/aromatic N) is 1. The van der Waals surface area contributed by atoms with E-state index in [1.165, 1.54) is 11.8 Å². The molecular formula is C22H17BrN2O2S. The standard InChI is InChI=1S/C22H17BrN2O2S/c1-2-14-5-3-4-6-18(14)24-22-25-21(26)20(28-22)13-17-11-12-19(27-17)15-7-9-16(23)10-8-15/h3-13H,2H2,1H3,(H,24,25,26). The van der Waals surface area contributed by atoms with E-state index in [4.69, 9.17) is 4.42 Å². The summed E-state index contributed by atoms with van der Waals surface area (Å²) in [6.07, 6.45) is 2.64. The van der Waals surface area contributed by atoms with E-state index in [2.05, 4.69) is 33.2 Å². The lowest BCUT2D eigenvalue weighted by Crippen LogP contribution is -2.19. The quantitative estimate of drug-likeness (QED) is 0.481. The van der Waals surface area contributed by atoms with Crippen molar-refractivity contribution in [2.24, 2.45) is 4.99 Å². The highest BCUT2D eigenvalue weighted by molar-refractivity contribution is 9.10. The molecule has 28 heavy (non-hydrogen) atoms. The highest BCUT2D eigenvalue weighted by Gasteiger charge is 2.24. The number of furan rings is 1. The van der Waals surface area contributed by atoms with Gasteiger partial charge in [0, 0.05) is 16.1 Å². The maximum atomic E-state index is 12.3. The van der Waals surface area contributed by atoms with Gasteiger partial charge in [-0.25, -0.2) is 4.99 Å². The molecule has 1 aliphatic rings. The Morgan fingerprint density at radius 1 is 1.11 bits per heavy atom. The minimum atomic E-state index is -0.167. The summed E-state index contributed by atoms with van der Waals surface area (Å²) in [4.78, 5) is 17.5. The van der Waals surface area contributed by atoms with Gasteiger partial charge in [-0.05, 0) is 54.1 Å². The molecule has 1 saturated heterocycles. The molecule has 1 aliphatic heterocycles. The minimum absolute atomic E-state index is 0.167. The molecule has 0 spiro atoms. The Balaban J connectivity index is 1.55. The van der Waals surface area contributed by atoms with Gasteiger partial charge in [-0.3, -0.25) is 4.79 Å². The predicted octanol–water partition coefficient (Wildman–Crippen LogP) is 6.16. The monoisotopic (exact) mass is 452 g/mol. The molecule has 1 fully saturated rings. The van der Waals surface area contributed by atoms with Crippen LogP contribution < -0.4 is 5.32 Å². The number of carbonyl (C=O) groups is 1. The van der Waals surface area contributed by atoms with Crippen LogP contribution in [0, 0.1) is 0 Å². The van der Waals surface area contributed by atoms with Crippen LogP contribution in [0.15, 0.2) is 79.5 Å². The SMILES string of the molecule is CCc1ccccc1N=C1NC(=O)C(=Cc2ccc(-c3ccc(Br)cc3)o2)S1. The van der Waals surface area contributed by atoms with Crippen molar-refractivity contribution in [3.63, 3.8) is 0 Å². The Labute approximate surface area is 175 Å². The van der Waals surface area contributed by atoms with E-state index in [1.54, 1.807) is 6.08 Å². The average Bonchev–Trinajstić information content (AvgIpc) is 3.30. The Bertz CT molecular complexity index is 1080. The summed E-state index contributed by atoms with van der Waals surface area (Å²) in [6, 6.07) is 19.6. The van der Waals surface area contributed by atoms with Crippen LogP contribution in [-0.2, 0) is 11.2 Å². The van der Waals surface area contributed by atoms with Gasteiger partial charge in [0.25, 0.3) is 5.91 Å². The lowest BCUT2D eigenvalue weighted by atomic mass is 10.1. The summed E-state index contributed by atoms with van der Waals surface area (Å²) in [5.74, 6) is 1.22. The molecule has 4 rings (SSSR count). The van der Waals surface area contributed by atoms with Crippen molar-refractivity contribution in [3.05, 3.63) is 81.4 Å². The van der Waals surface area contributed by atoms with Crippen LogP contribution in [0.5, 0.6) is 0 Å². The van der Waals surface area contributed by atoms with Gasteiger partial charge in [-0.2, -0.15) is 0 Å². The molecule has 1 N–H and O–H groups in total. The first kappa shape index (κ1) is 18.8. The van der Waals surface area contributed by atoms with Crippen LogP contribution in [0.3, 0.4) is 0 Å². The minimum Gasteiger partial charge on any atom is -0.457 e. The Morgan fingerprint density at radius 3 is 2.68 bits per heavy atom. The van der Waals surface area contributed by atoms with Gasteiger partial charge in [0.2, 0.25) is 0 Å². The largest absolute Gasteiger partial charge is 0.457 e. The van der Waals surface area contributed by atoms with E-state index in [1.807, 2.05) is 60.7 Å². The average molecular weight is 453 g/mol. The van der Waals surface area contributed by atoms with Crippen molar-refractivity contribution < 1.29 is 9.21 Å². The van der Waals surface area contributed by atoms with Crippen LogP contribution in [0.4, 0.5) is 5.69 Å². The summed E-state index contributed by atoms with van der Waals surface area (Å²) in [5, 5.41) is 3.41. The van der Waals surface area contributed by atoms with Crippen LogP contribution in [0.25, 0.3) is 17.4 Å². The Kier molecular flexibility index (Phi) is 5.50. The number of amidine groups is 1. The molecule has 0 bridgehead atoms. The number of hydrogen-bond acceptors (Lipinski definition) is 4. The first-order valence-corrected chi connectivity index (χ1v) is 10.5. The number of aliphatic imine (C=N–C) groups is 1. The van der Waals surface area contributed by atoms with Crippen molar-refractivity contribution in [1.29, 1.82) is 0 Å². The number of rotatable bonds is 4. The predicted molar refractivity (Wildman–Crippen MR) is 118 cm³/mol. The van der Waals surface area contributed by atoms with E-state index in [9.17, 15) is 4.79 Å². The number of aryl methyl sites for hydroxylation is 1. The molecule has 2 heterocycles. The third kappa shape index (κ3) is 4.13. The molecule has 2 aromatic carbocycles. The van der Waals surface area contributed by atoms with Crippen LogP contribution in [0.1, 0.15) is 18.2 Å². The van der Waals surface area contributed by atoms with Crippen molar-refractivity contribution in [2.75, 3.05) is 0 Å². The number of thioether (sulfide) groups is 1. The number of benzene rings is 2. The topological polar surface area (TPSA) is 54.6 Å². The van der Waals surface area contributed by atoms with Gasteiger partial charge in [0.05, 0.1) is 10.6 Å². The van der Waals surface area contributed by atoms with Crippen LogP contribution >= 0.6 is 27.7 Å². The van der Waals surface area contributed by atoms with Crippen molar-refractivity contribution in [3.8, 4) is 11.3 Å². The fourth-order valence-corrected chi connectivity index (χ4v) is 3.92. The van der Waals surface area contributed by atoms with Crippen molar-refractivity contribution in [2.45, 2.75) is 13.3 Å². The van der Waals surface area contributed by atoms with Crippen LogP contribution in [0.2, 0.25) is 0 Å². The second-order valence-electron chi connectivity index (χ2n) is 6.17. The maximum Gasteiger partial charge on any atom is 0.264 e. The molecule has 1 aromatic heterocycles. The molecule has 1 amide bonds. The lowest BCUT2D eigenvalue weighted by Gasteiger charge is -2.02. The van der Waals surface area contributed by atoms with Gasteiger partial charge in [-0.1, -0.05) is 53.2 Å². The third-order valence-electron chi connectivity index (χ3n) is 4.27. The van der Waals surface area contributed by atoms with E-state index < -0.39 is 0 Å². The van der Waals surface area contributed by atoms with E-state index in [0.717, 1.165) is 33.5 Å². The summed E-state index contributed by atoms with van der Waals surface area (Å²) in [7, 11) is 0. The molecule has 0 unspecified atom stereocenters. The van der Waals surface area contributed by atoms with Gasteiger partial charge in [-0.15, -0.1) is 0 Å². The molecule has 4 nitrogen and oxygen atoms in total. The highest BCUT2D eigenvalue weighted by atomic mass is 79.9. The van der Waals surface area contributed by atoms with Crippen molar-refractivity contribution in [1.82, 2.24) is 5.32 Å². The van der Waals surface area contributed by atoms with Gasteiger partial charge < -0.3 is 9.73 Å². The second kappa shape index (κ2) is 8.20. The molecule has 0 atom stereocenters. The molecular weight excluding hydrogens is 436 g/mol. The molecule has 0 aliphatic carbocycles. The zero-order valence-corrected chi connectivity index (χ0v) is 17.5. The maximum absolute atomic E-state index is 12.3. The second-order valence-corrected chi connectivity index (χ2v) is 8.12. The van der Waals surface area contributed by atoms with Crippen molar-refractivity contribution >= 4 is 50.5 Å². The fraction of sp³-hybridized carbons (Fsp3) is 0.0909. The Hall–Kier alpha value is -2.57. The zero-order chi connectivity index (χ0) is 19.5. The van der Waals surface area contributed by atoms with Gasteiger partial charge in [0.15, 0.2) is 5.17 Å². The molecule has 6 heteroatoms. The molecule has 0 radical (unpaired) electrons. The summed E-state index contributed by atoms with van der Waals surface area (Å²) in [5.41, 5.74) is 3.01. The van der Waals surface area contributed by atoms with Crippen LogP contribution in [-0.4, -0.2) is 11.1 Å².